The van der Waals surface area contributed by atoms with Crippen molar-refractivity contribution in [2.24, 2.45) is 5.92 Å². The molecule has 0 spiro atoms. The van der Waals surface area contributed by atoms with Crippen molar-refractivity contribution >= 4 is 29.1 Å². The molecular weight excluding hydrogens is 406 g/mol. The molecule has 3 amide bonds. The smallest absolute Gasteiger partial charge is 0.266 e. The number of carbonyl (C=O) groups is 3. The molecule has 2 aliphatic rings. The van der Waals surface area contributed by atoms with Crippen LogP contribution in [0.1, 0.15) is 48.4 Å². The molecule has 7 nitrogen and oxygen atoms in total. The number of benzene rings is 2. The number of carbonyl (C=O) groups excluding carboxylic acids is 3. The van der Waals surface area contributed by atoms with Crippen LogP contribution in [0.4, 0.5) is 11.4 Å². The summed E-state index contributed by atoms with van der Waals surface area (Å²) in [5.74, 6) is -0.719. The van der Waals surface area contributed by atoms with E-state index in [1.54, 1.807) is 48.5 Å². The highest BCUT2D eigenvalue weighted by molar-refractivity contribution is 6.34. The molecule has 32 heavy (non-hydrogen) atoms. The topological polar surface area (TPSA) is 79.0 Å². The fraction of sp³-hybridized carbons (Fsp3) is 0.400. The molecule has 1 saturated heterocycles. The Kier molecular flexibility index (Phi) is 6.13. The Bertz CT molecular complexity index is 1010. The lowest BCUT2D eigenvalue weighted by Crippen LogP contribution is -2.55. The molecule has 0 aliphatic carbocycles. The van der Waals surface area contributed by atoms with E-state index in [4.69, 9.17) is 4.74 Å². The largest absolute Gasteiger partial charge is 0.373 e. The van der Waals surface area contributed by atoms with Crippen LogP contribution in [0.15, 0.2) is 48.5 Å². The van der Waals surface area contributed by atoms with Gasteiger partial charge in [0.2, 0.25) is 5.91 Å². The molecule has 168 valence electrons. The molecule has 2 aromatic carbocycles. The van der Waals surface area contributed by atoms with E-state index in [0.717, 1.165) is 4.90 Å². The Morgan fingerprint density at radius 3 is 2.12 bits per heavy atom. The van der Waals surface area contributed by atoms with Gasteiger partial charge in [-0.3, -0.25) is 19.3 Å². The highest BCUT2D eigenvalue weighted by Gasteiger charge is 2.37. The molecule has 2 aliphatic heterocycles. The van der Waals surface area contributed by atoms with E-state index >= 15 is 0 Å². The minimum atomic E-state index is -0.356. The molecule has 0 aromatic heterocycles. The third-order valence-corrected chi connectivity index (χ3v) is 5.91. The average molecular weight is 436 g/mol. The summed E-state index contributed by atoms with van der Waals surface area (Å²) in [7, 11) is 0. The van der Waals surface area contributed by atoms with Gasteiger partial charge in [0.05, 0.1) is 35.1 Å². The van der Waals surface area contributed by atoms with E-state index in [2.05, 4.69) is 10.2 Å². The van der Waals surface area contributed by atoms with Crippen LogP contribution in [-0.4, -0.2) is 54.0 Å². The van der Waals surface area contributed by atoms with Crippen LogP contribution in [0, 0.1) is 5.92 Å². The van der Waals surface area contributed by atoms with Gasteiger partial charge in [-0.15, -0.1) is 0 Å². The summed E-state index contributed by atoms with van der Waals surface area (Å²) in [5.41, 5.74) is 1.76. The lowest BCUT2D eigenvalue weighted by molar-refractivity contribution is -0.130. The van der Waals surface area contributed by atoms with Gasteiger partial charge in [-0.25, -0.2) is 4.90 Å². The second-order valence-electron chi connectivity index (χ2n) is 8.93. The number of hydrogen-bond acceptors (Lipinski definition) is 5. The molecule has 0 saturated carbocycles. The van der Waals surface area contributed by atoms with Gasteiger partial charge in [0, 0.05) is 18.8 Å². The van der Waals surface area contributed by atoms with Crippen molar-refractivity contribution in [1.82, 2.24) is 4.90 Å². The van der Waals surface area contributed by atoms with Gasteiger partial charge in [0.1, 0.15) is 0 Å². The van der Waals surface area contributed by atoms with Gasteiger partial charge in [0.15, 0.2) is 0 Å². The maximum absolute atomic E-state index is 13.3. The zero-order valence-corrected chi connectivity index (χ0v) is 18.9. The third kappa shape index (κ3) is 4.18. The van der Waals surface area contributed by atoms with Crippen molar-refractivity contribution in [3.05, 3.63) is 59.7 Å². The Balaban J connectivity index is 1.54. The first-order valence-corrected chi connectivity index (χ1v) is 11.0. The molecule has 0 radical (unpaired) electrons. The summed E-state index contributed by atoms with van der Waals surface area (Å²) in [6.07, 6.45) is 0.120. The van der Waals surface area contributed by atoms with Gasteiger partial charge < -0.3 is 10.1 Å². The first-order valence-electron chi connectivity index (χ1n) is 11.0. The SMILES string of the molecule is CC1CN(C(C(=O)Nc2cccc(N3C(=O)c4ccccc4C3=O)c2)C(C)C)CC(C)O1. The molecule has 3 unspecified atom stereocenters. The van der Waals surface area contributed by atoms with Crippen LogP contribution in [0.2, 0.25) is 0 Å². The zero-order valence-electron chi connectivity index (χ0n) is 18.9. The van der Waals surface area contributed by atoms with Gasteiger partial charge in [0.25, 0.3) is 11.8 Å². The standard InChI is InChI=1S/C25H29N3O4/c1-15(2)22(27-13-16(3)32-17(4)14-27)23(29)26-18-8-7-9-19(12-18)28-24(30)20-10-5-6-11-21(20)25(28)31/h5-12,15-17,22H,13-14H2,1-4H3,(H,26,29). The summed E-state index contributed by atoms with van der Waals surface area (Å²) < 4.78 is 5.82. The van der Waals surface area contributed by atoms with Crippen molar-refractivity contribution in [3.8, 4) is 0 Å². The predicted molar refractivity (Wildman–Crippen MR) is 123 cm³/mol. The van der Waals surface area contributed by atoms with Gasteiger partial charge in [-0.2, -0.15) is 0 Å². The molecule has 2 aromatic rings. The fourth-order valence-electron chi connectivity index (χ4n) is 4.70. The Morgan fingerprint density at radius 2 is 1.56 bits per heavy atom. The average Bonchev–Trinajstić information content (AvgIpc) is 2.98. The van der Waals surface area contributed by atoms with Crippen molar-refractivity contribution in [2.75, 3.05) is 23.3 Å². The lowest BCUT2D eigenvalue weighted by Gasteiger charge is -2.41. The maximum Gasteiger partial charge on any atom is 0.266 e. The quantitative estimate of drug-likeness (QED) is 0.727. The Morgan fingerprint density at radius 1 is 0.969 bits per heavy atom. The molecule has 7 heteroatoms. The van der Waals surface area contributed by atoms with E-state index in [9.17, 15) is 14.4 Å². The van der Waals surface area contributed by atoms with Crippen molar-refractivity contribution in [1.29, 1.82) is 0 Å². The number of ether oxygens (including phenoxy) is 1. The number of anilines is 2. The van der Waals surface area contributed by atoms with Crippen molar-refractivity contribution in [3.63, 3.8) is 0 Å². The molecule has 0 bridgehead atoms. The first kappa shape index (κ1) is 22.2. The monoisotopic (exact) mass is 435 g/mol. The van der Waals surface area contributed by atoms with Crippen LogP contribution >= 0.6 is 0 Å². The van der Waals surface area contributed by atoms with E-state index in [-0.39, 0.29) is 41.9 Å². The normalized spacial score (nSPS) is 22.2. The number of nitrogens with zero attached hydrogens (tertiary/aromatic N) is 2. The highest BCUT2D eigenvalue weighted by atomic mass is 16.5. The van der Waals surface area contributed by atoms with Crippen LogP contribution in [0.25, 0.3) is 0 Å². The number of morpholine rings is 1. The molecule has 3 atom stereocenters. The summed E-state index contributed by atoms with van der Waals surface area (Å²) in [6, 6.07) is 13.3. The lowest BCUT2D eigenvalue weighted by atomic mass is 9.99. The second kappa shape index (κ2) is 8.84. The summed E-state index contributed by atoms with van der Waals surface area (Å²) in [4.78, 5) is 42.2. The van der Waals surface area contributed by atoms with Gasteiger partial charge in [-0.1, -0.05) is 32.0 Å². The minimum Gasteiger partial charge on any atom is -0.373 e. The molecule has 1 fully saturated rings. The van der Waals surface area contributed by atoms with E-state index < -0.39 is 0 Å². The Labute approximate surface area is 188 Å². The van der Waals surface area contributed by atoms with E-state index in [1.165, 1.54) is 0 Å². The van der Waals surface area contributed by atoms with Crippen molar-refractivity contribution < 1.29 is 19.1 Å². The predicted octanol–water partition coefficient (Wildman–Crippen LogP) is 3.56. The fourth-order valence-corrected chi connectivity index (χ4v) is 4.70. The van der Waals surface area contributed by atoms with Crippen LogP contribution in [-0.2, 0) is 9.53 Å². The maximum atomic E-state index is 13.3. The molecule has 2 heterocycles. The summed E-state index contributed by atoms with van der Waals surface area (Å²) in [6.45, 7) is 9.48. The number of nitrogens with one attached hydrogen (secondary N) is 1. The Hall–Kier alpha value is -3.03. The van der Waals surface area contributed by atoms with Crippen molar-refractivity contribution in [2.45, 2.75) is 45.9 Å². The third-order valence-electron chi connectivity index (χ3n) is 5.91. The van der Waals surface area contributed by atoms with E-state index in [0.29, 0.717) is 35.6 Å². The van der Waals surface area contributed by atoms with Crippen LogP contribution in [0.5, 0.6) is 0 Å². The highest BCUT2D eigenvalue weighted by Crippen LogP contribution is 2.30. The molecule has 4 rings (SSSR count). The van der Waals surface area contributed by atoms with Crippen LogP contribution < -0.4 is 10.2 Å². The number of imide groups is 1. The number of fused-ring (bicyclic) bond motifs is 1. The van der Waals surface area contributed by atoms with Gasteiger partial charge in [-0.05, 0) is 50.1 Å². The number of rotatable bonds is 5. The minimum absolute atomic E-state index is 0.0601. The first-order chi connectivity index (χ1) is 15.3. The number of hydrogen-bond donors (Lipinski definition) is 1. The zero-order chi connectivity index (χ0) is 23.0. The second-order valence-corrected chi connectivity index (χ2v) is 8.93. The summed E-state index contributed by atoms with van der Waals surface area (Å²) in [5, 5.41) is 2.99. The summed E-state index contributed by atoms with van der Waals surface area (Å²) >= 11 is 0. The molecular formula is C25H29N3O4. The molecule has 1 N–H and O–H groups in total. The van der Waals surface area contributed by atoms with Gasteiger partial charge >= 0.3 is 0 Å². The van der Waals surface area contributed by atoms with E-state index in [1.807, 2.05) is 27.7 Å². The van der Waals surface area contributed by atoms with Crippen LogP contribution in [0.3, 0.4) is 0 Å². The number of amides is 3.